The fourth-order valence-corrected chi connectivity index (χ4v) is 6.13. The van der Waals surface area contributed by atoms with Crippen molar-refractivity contribution < 1.29 is 0 Å². The average molecular weight is 285 g/mol. The molecular formula is C18H27N3. The van der Waals surface area contributed by atoms with E-state index in [2.05, 4.69) is 28.0 Å². The SMILES string of the molecule is CC(n1ccnc1NC1CC1)C12CC3CC(CC(C3)C1)C2. The molecule has 1 heterocycles. The summed E-state index contributed by atoms with van der Waals surface area (Å²) in [6.07, 6.45) is 15.9. The maximum Gasteiger partial charge on any atom is 0.203 e. The molecule has 1 aromatic rings. The van der Waals surface area contributed by atoms with Crippen molar-refractivity contribution in [1.29, 1.82) is 0 Å². The van der Waals surface area contributed by atoms with Gasteiger partial charge in [0, 0.05) is 24.5 Å². The van der Waals surface area contributed by atoms with E-state index < -0.39 is 0 Å². The molecule has 0 spiro atoms. The lowest BCUT2D eigenvalue weighted by molar-refractivity contribution is -0.0784. The fraction of sp³-hybridized carbons (Fsp3) is 0.833. The summed E-state index contributed by atoms with van der Waals surface area (Å²) >= 11 is 0. The topological polar surface area (TPSA) is 29.9 Å². The molecule has 1 N–H and O–H groups in total. The van der Waals surface area contributed by atoms with E-state index in [1.807, 2.05) is 6.20 Å². The molecule has 6 rings (SSSR count). The fourth-order valence-electron chi connectivity index (χ4n) is 6.13. The van der Waals surface area contributed by atoms with Crippen molar-refractivity contribution in [1.82, 2.24) is 9.55 Å². The predicted molar refractivity (Wildman–Crippen MR) is 84.2 cm³/mol. The van der Waals surface area contributed by atoms with Crippen molar-refractivity contribution in [3.8, 4) is 0 Å². The summed E-state index contributed by atoms with van der Waals surface area (Å²) < 4.78 is 2.46. The normalized spacial score (nSPS) is 42.2. The van der Waals surface area contributed by atoms with Crippen LogP contribution in [0.4, 0.5) is 5.95 Å². The predicted octanol–water partition coefficient (Wildman–Crippen LogP) is 4.23. The van der Waals surface area contributed by atoms with E-state index in [1.165, 1.54) is 51.4 Å². The molecule has 0 radical (unpaired) electrons. The first-order chi connectivity index (χ1) is 10.2. The largest absolute Gasteiger partial charge is 0.353 e. The molecule has 3 heteroatoms. The Balaban J connectivity index is 1.45. The number of anilines is 1. The lowest BCUT2D eigenvalue weighted by atomic mass is 9.48. The van der Waals surface area contributed by atoms with E-state index in [0.29, 0.717) is 17.5 Å². The molecule has 114 valence electrons. The molecule has 0 aromatic carbocycles. The van der Waals surface area contributed by atoms with Crippen LogP contribution in [-0.4, -0.2) is 15.6 Å². The quantitative estimate of drug-likeness (QED) is 0.897. The first-order valence-corrected chi connectivity index (χ1v) is 9.01. The highest BCUT2D eigenvalue weighted by Crippen LogP contribution is 2.63. The van der Waals surface area contributed by atoms with Crippen molar-refractivity contribution in [3.63, 3.8) is 0 Å². The van der Waals surface area contributed by atoms with Crippen LogP contribution in [-0.2, 0) is 0 Å². The van der Waals surface area contributed by atoms with Crippen molar-refractivity contribution in [2.75, 3.05) is 5.32 Å². The molecule has 4 bridgehead atoms. The third-order valence-corrected chi connectivity index (χ3v) is 6.97. The van der Waals surface area contributed by atoms with E-state index in [9.17, 15) is 0 Å². The number of aromatic nitrogens is 2. The molecule has 3 nitrogen and oxygen atoms in total. The Kier molecular flexibility index (Phi) is 2.55. The van der Waals surface area contributed by atoms with Crippen LogP contribution in [0.3, 0.4) is 0 Å². The summed E-state index contributed by atoms with van der Waals surface area (Å²) in [4.78, 5) is 4.60. The summed E-state index contributed by atoms with van der Waals surface area (Å²) in [6, 6.07) is 1.30. The Bertz CT molecular complexity index is 507. The minimum absolute atomic E-state index is 0.565. The van der Waals surface area contributed by atoms with Gasteiger partial charge < -0.3 is 9.88 Å². The van der Waals surface area contributed by atoms with E-state index in [4.69, 9.17) is 0 Å². The molecule has 5 aliphatic rings. The van der Waals surface area contributed by atoms with Gasteiger partial charge in [0.2, 0.25) is 5.95 Å². The van der Waals surface area contributed by atoms with Crippen LogP contribution in [0.15, 0.2) is 12.4 Å². The molecule has 5 fully saturated rings. The standard InChI is InChI=1S/C18H27N3/c1-12(21-5-4-19-17(21)20-16-2-3-16)18-9-13-6-14(10-18)8-15(7-13)11-18/h4-5,12-16H,2-3,6-11H2,1H3,(H,19,20). The van der Waals surface area contributed by atoms with Gasteiger partial charge in [0.15, 0.2) is 0 Å². The van der Waals surface area contributed by atoms with Crippen LogP contribution in [0.1, 0.15) is 64.3 Å². The highest BCUT2D eigenvalue weighted by molar-refractivity contribution is 5.31. The zero-order chi connectivity index (χ0) is 14.0. The van der Waals surface area contributed by atoms with Gasteiger partial charge in [-0.25, -0.2) is 4.98 Å². The van der Waals surface area contributed by atoms with Crippen LogP contribution in [0.2, 0.25) is 0 Å². The second-order valence-electron chi connectivity index (χ2n) is 8.53. The van der Waals surface area contributed by atoms with Crippen molar-refractivity contribution >= 4 is 5.95 Å². The van der Waals surface area contributed by atoms with Crippen LogP contribution >= 0.6 is 0 Å². The van der Waals surface area contributed by atoms with E-state index >= 15 is 0 Å². The van der Waals surface area contributed by atoms with Crippen molar-refractivity contribution in [3.05, 3.63) is 12.4 Å². The minimum Gasteiger partial charge on any atom is -0.353 e. The highest BCUT2D eigenvalue weighted by atomic mass is 15.2. The molecule has 0 aliphatic heterocycles. The molecule has 1 atom stereocenters. The monoisotopic (exact) mass is 285 g/mol. The smallest absolute Gasteiger partial charge is 0.203 e. The maximum atomic E-state index is 4.60. The van der Waals surface area contributed by atoms with Gasteiger partial charge in [0.25, 0.3) is 0 Å². The Morgan fingerprint density at radius 2 is 1.76 bits per heavy atom. The summed E-state index contributed by atoms with van der Waals surface area (Å²) in [5.74, 6) is 4.21. The zero-order valence-electron chi connectivity index (χ0n) is 13.1. The number of nitrogens with zero attached hydrogens (tertiary/aromatic N) is 2. The molecule has 21 heavy (non-hydrogen) atoms. The van der Waals surface area contributed by atoms with Gasteiger partial charge in [0.1, 0.15) is 0 Å². The second-order valence-corrected chi connectivity index (χ2v) is 8.53. The van der Waals surface area contributed by atoms with Crippen molar-refractivity contribution in [2.45, 2.75) is 70.4 Å². The van der Waals surface area contributed by atoms with E-state index in [0.717, 1.165) is 23.7 Å². The number of rotatable bonds is 4. The van der Waals surface area contributed by atoms with Crippen LogP contribution in [0.25, 0.3) is 0 Å². The molecule has 1 unspecified atom stereocenters. The Hall–Kier alpha value is -0.990. The van der Waals surface area contributed by atoms with Gasteiger partial charge in [-0.2, -0.15) is 0 Å². The first kappa shape index (κ1) is 12.5. The summed E-state index contributed by atoms with van der Waals surface area (Å²) in [5.41, 5.74) is 0.565. The first-order valence-electron chi connectivity index (χ1n) is 9.01. The third-order valence-electron chi connectivity index (χ3n) is 6.97. The minimum atomic E-state index is 0.565. The average Bonchev–Trinajstić information content (AvgIpc) is 3.13. The Labute approximate surface area is 127 Å². The number of imidazole rings is 1. The van der Waals surface area contributed by atoms with Gasteiger partial charge in [-0.3, -0.25) is 0 Å². The summed E-state index contributed by atoms with van der Waals surface area (Å²) in [7, 11) is 0. The van der Waals surface area contributed by atoms with Crippen LogP contribution in [0.5, 0.6) is 0 Å². The van der Waals surface area contributed by atoms with Gasteiger partial charge in [-0.1, -0.05) is 0 Å². The van der Waals surface area contributed by atoms with Gasteiger partial charge >= 0.3 is 0 Å². The molecular weight excluding hydrogens is 258 g/mol. The zero-order valence-corrected chi connectivity index (χ0v) is 13.1. The summed E-state index contributed by atoms with van der Waals surface area (Å²) in [5, 5.41) is 3.63. The Morgan fingerprint density at radius 1 is 1.14 bits per heavy atom. The molecule has 0 amide bonds. The van der Waals surface area contributed by atoms with Crippen LogP contribution < -0.4 is 5.32 Å². The summed E-state index contributed by atoms with van der Waals surface area (Å²) in [6.45, 7) is 2.47. The van der Waals surface area contributed by atoms with E-state index in [1.54, 1.807) is 0 Å². The van der Waals surface area contributed by atoms with E-state index in [-0.39, 0.29) is 0 Å². The number of hydrogen-bond donors (Lipinski definition) is 1. The Morgan fingerprint density at radius 3 is 2.33 bits per heavy atom. The molecule has 5 aliphatic carbocycles. The molecule has 5 saturated carbocycles. The van der Waals surface area contributed by atoms with Gasteiger partial charge in [-0.15, -0.1) is 0 Å². The van der Waals surface area contributed by atoms with Crippen LogP contribution in [0, 0.1) is 23.2 Å². The lowest BCUT2D eigenvalue weighted by Gasteiger charge is -2.59. The lowest BCUT2D eigenvalue weighted by Crippen LogP contribution is -2.49. The van der Waals surface area contributed by atoms with Gasteiger partial charge in [-0.05, 0) is 81.5 Å². The third kappa shape index (κ3) is 1.96. The molecule has 1 aromatic heterocycles. The maximum absolute atomic E-state index is 4.60. The second kappa shape index (κ2) is 4.27. The number of nitrogens with one attached hydrogen (secondary N) is 1. The highest BCUT2D eigenvalue weighted by Gasteiger charge is 2.53. The van der Waals surface area contributed by atoms with Gasteiger partial charge in [0.05, 0.1) is 0 Å². The number of hydrogen-bond acceptors (Lipinski definition) is 2. The molecule has 0 saturated heterocycles. The van der Waals surface area contributed by atoms with Crippen molar-refractivity contribution in [2.24, 2.45) is 23.2 Å².